The molecule has 1 N–H and O–H groups in total. The molecular weight excluding hydrogens is 392 g/mol. The Hall–Kier alpha value is -2.87. The molecule has 7 nitrogen and oxygen atoms in total. The molecule has 0 saturated carbocycles. The fourth-order valence-corrected chi connectivity index (χ4v) is 3.79. The number of benzene rings is 2. The summed E-state index contributed by atoms with van der Waals surface area (Å²) in [4.78, 5) is 26.5. The van der Waals surface area contributed by atoms with Gasteiger partial charge in [-0.25, -0.2) is 13.2 Å². The Balaban J connectivity index is 1.49. The first-order valence-electron chi connectivity index (χ1n) is 9.45. The lowest BCUT2D eigenvalue weighted by Gasteiger charge is -2.28. The van der Waals surface area contributed by atoms with Crippen LogP contribution in [0.5, 0.6) is 0 Å². The second kappa shape index (κ2) is 9.09. The quantitative estimate of drug-likeness (QED) is 0.728. The van der Waals surface area contributed by atoms with Gasteiger partial charge in [0.1, 0.15) is 0 Å². The van der Waals surface area contributed by atoms with Crippen LogP contribution in [0.1, 0.15) is 29.6 Å². The van der Waals surface area contributed by atoms with E-state index in [0.717, 1.165) is 25.0 Å². The average molecular weight is 416 g/mol. The number of nitrogens with one attached hydrogen (secondary N) is 1. The maximum absolute atomic E-state index is 12.0. The van der Waals surface area contributed by atoms with Crippen LogP contribution in [0.2, 0.25) is 0 Å². The number of ether oxygens (including phenoxy) is 1. The molecule has 1 aliphatic rings. The van der Waals surface area contributed by atoms with Crippen molar-refractivity contribution >= 4 is 33.1 Å². The van der Waals surface area contributed by atoms with Crippen molar-refractivity contribution in [3.63, 3.8) is 0 Å². The molecule has 0 aromatic heterocycles. The smallest absolute Gasteiger partial charge is 0.338 e. The van der Waals surface area contributed by atoms with Crippen LogP contribution < -0.4 is 10.2 Å². The zero-order valence-corrected chi connectivity index (χ0v) is 17.1. The molecule has 1 heterocycles. The largest absolute Gasteiger partial charge is 0.452 e. The van der Waals surface area contributed by atoms with Crippen LogP contribution in [-0.4, -0.2) is 46.2 Å². The molecule has 1 amide bonds. The van der Waals surface area contributed by atoms with Crippen LogP contribution in [0.15, 0.2) is 53.4 Å². The zero-order chi connectivity index (χ0) is 20.9. The number of anilines is 2. The first kappa shape index (κ1) is 20.9. The lowest BCUT2D eigenvalue weighted by atomic mass is 10.1. The van der Waals surface area contributed by atoms with Crippen molar-refractivity contribution in [1.82, 2.24) is 0 Å². The number of carbonyl (C=O) groups excluding carboxylic acids is 2. The minimum absolute atomic E-state index is 0.111. The Morgan fingerprint density at radius 1 is 0.966 bits per heavy atom. The van der Waals surface area contributed by atoms with E-state index in [4.69, 9.17) is 4.74 Å². The molecule has 2 aromatic carbocycles. The highest BCUT2D eigenvalue weighted by Gasteiger charge is 2.14. The number of carbonyl (C=O) groups is 2. The third kappa shape index (κ3) is 5.80. The highest BCUT2D eigenvalue weighted by Crippen LogP contribution is 2.21. The van der Waals surface area contributed by atoms with Crippen molar-refractivity contribution in [2.45, 2.75) is 24.2 Å². The van der Waals surface area contributed by atoms with Gasteiger partial charge in [-0.3, -0.25) is 4.79 Å². The molecule has 154 valence electrons. The third-order valence-electron chi connectivity index (χ3n) is 4.72. The van der Waals surface area contributed by atoms with Gasteiger partial charge in [-0.2, -0.15) is 0 Å². The van der Waals surface area contributed by atoms with E-state index in [0.29, 0.717) is 5.69 Å². The molecule has 3 rings (SSSR count). The molecular formula is C21H24N2O5S. The van der Waals surface area contributed by atoms with E-state index in [-0.39, 0.29) is 10.5 Å². The zero-order valence-electron chi connectivity index (χ0n) is 16.3. The number of rotatable bonds is 6. The lowest BCUT2D eigenvalue weighted by Crippen LogP contribution is -2.29. The van der Waals surface area contributed by atoms with Gasteiger partial charge in [0.05, 0.1) is 10.5 Å². The van der Waals surface area contributed by atoms with Gasteiger partial charge in [-0.15, -0.1) is 0 Å². The summed E-state index contributed by atoms with van der Waals surface area (Å²) in [7, 11) is -3.34. The van der Waals surface area contributed by atoms with Gasteiger partial charge in [0.15, 0.2) is 16.4 Å². The Morgan fingerprint density at radius 2 is 1.59 bits per heavy atom. The van der Waals surface area contributed by atoms with E-state index < -0.39 is 28.3 Å². The predicted octanol–water partition coefficient (Wildman–Crippen LogP) is 2.88. The van der Waals surface area contributed by atoms with Gasteiger partial charge in [-0.1, -0.05) is 0 Å². The molecule has 0 unspecified atom stereocenters. The van der Waals surface area contributed by atoms with Crippen LogP contribution in [0.3, 0.4) is 0 Å². The third-order valence-corrected chi connectivity index (χ3v) is 5.85. The SMILES string of the molecule is CS(=O)(=O)c1ccc(C(=O)OCC(=O)Nc2ccc(N3CCCCC3)cc2)cc1. The van der Waals surface area contributed by atoms with Gasteiger partial charge in [0.25, 0.3) is 5.91 Å². The fraction of sp³-hybridized carbons (Fsp3) is 0.333. The summed E-state index contributed by atoms with van der Waals surface area (Å²) < 4.78 is 27.9. The van der Waals surface area contributed by atoms with E-state index in [2.05, 4.69) is 10.2 Å². The van der Waals surface area contributed by atoms with E-state index in [1.807, 2.05) is 24.3 Å². The standard InChI is InChI=1S/C21H24N2O5S/c1-29(26,27)19-11-5-16(6-12-19)21(25)28-15-20(24)22-17-7-9-18(10-8-17)23-13-3-2-4-14-23/h5-12H,2-4,13-15H2,1H3,(H,22,24). The number of esters is 1. The van der Waals surface area contributed by atoms with Gasteiger partial charge < -0.3 is 15.0 Å². The summed E-state index contributed by atoms with van der Waals surface area (Å²) in [5, 5.41) is 2.69. The van der Waals surface area contributed by atoms with Crippen molar-refractivity contribution in [2.75, 3.05) is 36.2 Å². The number of hydrogen-bond acceptors (Lipinski definition) is 6. The summed E-state index contributed by atoms with van der Waals surface area (Å²) in [6.45, 7) is 1.67. The normalized spacial score (nSPS) is 14.3. The highest BCUT2D eigenvalue weighted by atomic mass is 32.2. The van der Waals surface area contributed by atoms with E-state index in [9.17, 15) is 18.0 Å². The Labute approximate surface area is 170 Å². The van der Waals surface area contributed by atoms with E-state index in [1.165, 1.54) is 43.5 Å². The van der Waals surface area contributed by atoms with E-state index >= 15 is 0 Å². The number of piperidine rings is 1. The maximum atomic E-state index is 12.0. The van der Waals surface area contributed by atoms with Gasteiger partial charge in [0, 0.05) is 30.7 Å². The van der Waals surface area contributed by atoms with Crippen LogP contribution in [0, 0.1) is 0 Å². The molecule has 1 saturated heterocycles. The second-order valence-corrected chi connectivity index (χ2v) is 9.03. The van der Waals surface area contributed by atoms with Crippen molar-refractivity contribution < 1.29 is 22.7 Å². The number of nitrogens with zero attached hydrogens (tertiary/aromatic N) is 1. The Morgan fingerprint density at radius 3 is 2.17 bits per heavy atom. The molecule has 2 aromatic rings. The van der Waals surface area contributed by atoms with Crippen molar-refractivity contribution in [3.8, 4) is 0 Å². The summed E-state index contributed by atoms with van der Waals surface area (Å²) in [5.41, 5.74) is 1.94. The predicted molar refractivity (Wildman–Crippen MR) is 111 cm³/mol. The highest BCUT2D eigenvalue weighted by molar-refractivity contribution is 7.90. The van der Waals surface area contributed by atoms with Gasteiger partial charge >= 0.3 is 5.97 Å². The second-order valence-electron chi connectivity index (χ2n) is 7.02. The molecule has 8 heteroatoms. The average Bonchev–Trinajstić information content (AvgIpc) is 2.73. The molecule has 1 fully saturated rings. The molecule has 29 heavy (non-hydrogen) atoms. The number of amides is 1. The molecule has 0 atom stereocenters. The first-order valence-corrected chi connectivity index (χ1v) is 11.3. The monoisotopic (exact) mass is 416 g/mol. The summed E-state index contributed by atoms with van der Waals surface area (Å²) in [6, 6.07) is 13.0. The van der Waals surface area contributed by atoms with Crippen molar-refractivity contribution in [3.05, 3.63) is 54.1 Å². The van der Waals surface area contributed by atoms with Crippen molar-refractivity contribution in [2.24, 2.45) is 0 Å². The van der Waals surface area contributed by atoms with Crippen molar-refractivity contribution in [1.29, 1.82) is 0 Å². The minimum Gasteiger partial charge on any atom is -0.452 e. The Kier molecular flexibility index (Phi) is 6.53. The molecule has 0 radical (unpaired) electrons. The number of hydrogen-bond donors (Lipinski definition) is 1. The minimum atomic E-state index is -3.34. The van der Waals surface area contributed by atoms with Gasteiger partial charge in [0.2, 0.25) is 0 Å². The lowest BCUT2D eigenvalue weighted by molar-refractivity contribution is -0.119. The summed E-state index contributed by atoms with van der Waals surface area (Å²) >= 11 is 0. The van der Waals surface area contributed by atoms with Crippen LogP contribution in [0.4, 0.5) is 11.4 Å². The summed E-state index contributed by atoms with van der Waals surface area (Å²) in [6.07, 6.45) is 4.75. The molecule has 0 bridgehead atoms. The molecule has 0 aliphatic carbocycles. The topological polar surface area (TPSA) is 92.8 Å². The Bertz CT molecular complexity index is 963. The molecule has 0 spiro atoms. The number of sulfone groups is 1. The van der Waals surface area contributed by atoms with Gasteiger partial charge in [-0.05, 0) is 67.8 Å². The maximum Gasteiger partial charge on any atom is 0.338 e. The van der Waals surface area contributed by atoms with E-state index in [1.54, 1.807) is 0 Å². The van der Waals surface area contributed by atoms with Crippen LogP contribution in [0.25, 0.3) is 0 Å². The fourth-order valence-electron chi connectivity index (χ4n) is 3.16. The van der Waals surface area contributed by atoms with Crippen LogP contribution in [-0.2, 0) is 19.4 Å². The first-order chi connectivity index (χ1) is 13.8. The summed E-state index contributed by atoms with van der Waals surface area (Å²) in [5.74, 6) is -1.14. The van der Waals surface area contributed by atoms with Crippen LogP contribution >= 0.6 is 0 Å². The molecule has 1 aliphatic heterocycles.